The fourth-order valence-corrected chi connectivity index (χ4v) is 1.51. The van der Waals surface area contributed by atoms with Crippen molar-refractivity contribution in [3.05, 3.63) is 17.5 Å². The number of nitrogens with zero attached hydrogens (tertiary/aromatic N) is 2. The molecule has 0 aromatic carbocycles. The highest BCUT2D eigenvalue weighted by Crippen LogP contribution is 2.06. The second-order valence-corrected chi connectivity index (χ2v) is 3.03. The van der Waals surface area contributed by atoms with Gasteiger partial charge in [0.1, 0.15) is 0 Å². The lowest BCUT2D eigenvalue weighted by atomic mass is 10.4. The zero-order valence-electron chi connectivity index (χ0n) is 6.80. The molecule has 0 saturated carbocycles. The first kappa shape index (κ1) is 6.85. The van der Waals surface area contributed by atoms with Crippen molar-refractivity contribution in [3.8, 4) is 0 Å². The van der Waals surface area contributed by atoms with Gasteiger partial charge in [0.2, 0.25) is 0 Å². The summed E-state index contributed by atoms with van der Waals surface area (Å²) in [5, 5.41) is 7.74. The van der Waals surface area contributed by atoms with Crippen LogP contribution in [0.2, 0.25) is 0 Å². The third kappa shape index (κ3) is 1.28. The van der Waals surface area contributed by atoms with Gasteiger partial charge in [0.25, 0.3) is 0 Å². The zero-order chi connectivity index (χ0) is 7.68. The molecule has 0 radical (unpaired) electrons. The van der Waals surface area contributed by atoms with Gasteiger partial charge in [-0.3, -0.25) is 4.68 Å². The van der Waals surface area contributed by atoms with E-state index in [1.807, 2.05) is 6.92 Å². The van der Waals surface area contributed by atoms with Gasteiger partial charge in [0.05, 0.1) is 11.4 Å². The van der Waals surface area contributed by atoms with Crippen molar-refractivity contribution in [3.63, 3.8) is 0 Å². The summed E-state index contributed by atoms with van der Waals surface area (Å²) >= 11 is 0. The third-order valence-corrected chi connectivity index (χ3v) is 2.02. The first-order chi connectivity index (χ1) is 5.36. The molecule has 0 unspecified atom stereocenters. The maximum Gasteiger partial charge on any atom is 0.0597 e. The van der Waals surface area contributed by atoms with E-state index in [2.05, 4.69) is 21.2 Å². The van der Waals surface area contributed by atoms with Gasteiger partial charge in [-0.2, -0.15) is 5.10 Å². The Hall–Kier alpha value is -0.830. The topological polar surface area (TPSA) is 29.9 Å². The van der Waals surface area contributed by atoms with Gasteiger partial charge in [-0.1, -0.05) is 0 Å². The van der Waals surface area contributed by atoms with Crippen LogP contribution in [-0.2, 0) is 13.1 Å². The number of aryl methyl sites for hydroxylation is 2. The van der Waals surface area contributed by atoms with E-state index in [0.29, 0.717) is 0 Å². The molecule has 2 heterocycles. The summed E-state index contributed by atoms with van der Waals surface area (Å²) < 4.78 is 2.11. The smallest absolute Gasteiger partial charge is 0.0597 e. The molecule has 0 fully saturated rings. The molecule has 1 aromatic heterocycles. The fraction of sp³-hybridized carbons (Fsp3) is 0.625. The maximum atomic E-state index is 4.39. The Morgan fingerprint density at radius 2 is 2.55 bits per heavy atom. The highest BCUT2D eigenvalue weighted by molar-refractivity contribution is 5.09. The Bertz CT molecular complexity index is 228. The van der Waals surface area contributed by atoms with Gasteiger partial charge < -0.3 is 5.32 Å². The van der Waals surface area contributed by atoms with Gasteiger partial charge in [0.15, 0.2) is 0 Å². The second kappa shape index (κ2) is 2.66. The average molecular weight is 151 g/mol. The van der Waals surface area contributed by atoms with Crippen LogP contribution in [0.15, 0.2) is 6.07 Å². The Kier molecular flexibility index (Phi) is 1.66. The summed E-state index contributed by atoms with van der Waals surface area (Å²) in [6.45, 7) is 5.20. The van der Waals surface area contributed by atoms with E-state index >= 15 is 0 Å². The van der Waals surface area contributed by atoms with Crippen molar-refractivity contribution in [2.24, 2.45) is 0 Å². The van der Waals surface area contributed by atoms with Crippen molar-refractivity contribution in [1.82, 2.24) is 15.1 Å². The number of hydrogen-bond acceptors (Lipinski definition) is 2. The Balaban J connectivity index is 2.32. The minimum atomic E-state index is 0.973. The van der Waals surface area contributed by atoms with Crippen LogP contribution in [-0.4, -0.2) is 16.3 Å². The molecule has 3 nitrogen and oxygen atoms in total. The number of fused-ring (bicyclic) bond motifs is 1. The van der Waals surface area contributed by atoms with Crippen LogP contribution in [0.25, 0.3) is 0 Å². The minimum Gasteiger partial charge on any atom is -0.311 e. The average Bonchev–Trinajstić information content (AvgIpc) is 2.17. The van der Waals surface area contributed by atoms with Crippen LogP contribution in [0.3, 0.4) is 0 Å². The van der Waals surface area contributed by atoms with Crippen molar-refractivity contribution >= 4 is 0 Å². The molecule has 0 spiro atoms. The number of aromatic nitrogens is 2. The molecule has 0 bridgehead atoms. The Labute approximate surface area is 66.4 Å². The lowest BCUT2D eigenvalue weighted by molar-refractivity contribution is 0.583. The summed E-state index contributed by atoms with van der Waals surface area (Å²) in [6.07, 6.45) is 1.19. The first-order valence-electron chi connectivity index (χ1n) is 4.10. The van der Waals surface area contributed by atoms with Crippen molar-refractivity contribution < 1.29 is 0 Å². The molecular weight excluding hydrogens is 138 g/mol. The molecule has 60 valence electrons. The highest BCUT2D eigenvalue weighted by Gasteiger charge is 2.07. The minimum absolute atomic E-state index is 0.973. The largest absolute Gasteiger partial charge is 0.311 e. The van der Waals surface area contributed by atoms with Crippen molar-refractivity contribution in [2.75, 3.05) is 6.54 Å². The van der Waals surface area contributed by atoms with Gasteiger partial charge in [-0.15, -0.1) is 0 Å². The molecule has 0 saturated heterocycles. The highest BCUT2D eigenvalue weighted by atomic mass is 15.3. The molecule has 2 rings (SSSR count). The van der Waals surface area contributed by atoms with E-state index in [4.69, 9.17) is 0 Å². The quantitative estimate of drug-likeness (QED) is 0.591. The second-order valence-electron chi connectivity index (χ2n) is 3.03. The van der Waals surface area contributed by atoms with Crippen molar-refractivity contribution in [1.29, 1.82) is 0 Å². The zero-order valence-corrected chi connectivity index (χ0v) is 6.80. The predicted octanol–water partition coefficient (Wildman–Crippen LogP) is 0.685. The molecule has 1 aliphatic heterocycles. The van der Waals surface area contributed by atoms with E-state index in [9.17, 15) is 0 Å². The fourth-order valence-electron chi connectivity index (χ4n) is 1.51. The van der Waals surface area contributed by atoms with Gasteiger partial charge in [-0.05, 0) is 26.0 Å². The molecule has 0 atom stereocenters. The third-order valence-electron chi connectivity index (χ3n) is 2.02. The molecular formula is C8H13N3. The van der Waals surface area contributed by atoms with Crippen molar-refractivity contribution in [2.45, 2.75) is 26.4 Å². The molecule has 1 N–H and O–H groups in total. The van der Waals surface area contributed by atoms with Gasteiger partial charge >= 0.3 is 0 Å². The SMILES string of the molecule is Cc1cc2n(n1)CCCNC2. The molecule has 0 amide bonds. The normalized spacial score (nSPS) is 17.5. The molecule has 11 heavy (non-hydrogen) atoms. The van der Waals surface area contributed by atoms with Crippen LogP contribution >= 0.6 is 0 Å². The Morgan fingerprint density at radius 3 is 3.45 bits per heavy atom. The van der Waals surface area contributed by atoms with Gasteiger partial charge in [0, 0.05) is 13.1 Å². The van der Waals surface area contributed by atoms with E-state index in [1.165, 1.54) is 12.1 Å². The molecule has 1 aromatic rings. The number of hydrogen-bond donors (Lipinski definition) is 1. The van der Waals surface area contributed by atoms with Gasteiger partial charge in [-0.25, -0.2) is 0 Å². The summed E-state index contributed by atoms with van der Waals surface area (Å²) in [5.74, 6) is 0. The maximum absolute atomic E-state index is 4.39. The van der Waals surface area contributed by atoms with E-state index < -0.39 is 0 Å². The van der Waals surface area contributed by atoms with Crippen LogP contribution in [0, 0.1) is 6.92 Å². The summed E-state index contributed by atoms with van der Waals surface area (Å²) in [5.41, 5.74) is 2.45. The molecule has 3 heteroatoms. The standard InChI is InChI=1S/C8H13N3/c1-7-5-8-6-9-3-2-4-11(8)10-7/h5,9H,2-4,6H2,1H3. The van der Waals surface area contributed by atoms with E-state index in [0.717, 1.165) is 25.3 Å². The van der Waals surface area contributed by atoms with E-state index in [-0.39, 0.29) is 0 Å². The lowest BCUT2D eigenvalue weighted by Gasteiger charge is -1.98. The van der Waals surface area contributed by atoms with Crippen LogP contribution in [0.1, 0.15) is 17.8 Å². The molecule has 1 aliphatic rings. The van der Waals surface area contributed by atoms with E-state index in [1.54, 1.807) is 0 Å². The molecule has 0 aliphatic carbocycles. The first-order valence-corrected chi connectivity index (χ1v) is 4.10. The summed E-state index contributed by atoms with van der Waals surface area (Å²) in [7, 11) is 0. The summed E-state index contributed by atoms with van der Waals surface area (Å²) in [4.78, 5) is 0. The lowest BCUT2D eigenvalue weighted by Crippen LogP contribution is -2.11. The Morgan fingerprint density at radius 1 is 1.64 bits per heavy atom. The van der Waals surface area contributed by atoms with Crippen LogP contribution in [0.4, 0.5) is 0 Å². The van der Waals surface area contributed by atoms with Crippen LogP contribution < -0.4 is 5.32 Å². The predicted molar refractivity (Wildman–Crippen MR) is 43.3 cm³/mol. The van der Waals surface area contributed by atoms with Crippen LogP contribution in [0.5, 0.6) is 0 Å². The number of rotatable bonds is 0. The monoisotopic (exact) mass is 151 g/mol. The summed E-state index contributed by atoms with van der Waals surface area (Å²) in [6, 6.07) is 2.15. The number of nitrogens with one attached hydrogen (secondary N) is 1.